The molecule has 0 spiro atoms. The van der Waals surface area contributed by atoms with E-state index in [9.17, 15) is 0 Å². The minimum absolute atomic E-state index is 0.428. The van der Waals surface area contributed by atoms with Gasteiger partial charge < -0.3 is 0 Å². The van der Waals surface area contributed by atoms with Crippen LogP contribution in [0.3, 0.4) is 0 Å². The number of nitrogens with two attached hydrogens (primary N) is 1. The van der Waals surface area contributed by atoms with Crippen LogP contribution in [0.25, 0.3) is 0 Å². The Hall–Kier alpha value is 0.620. The van der Waals surface area contributed by atoms with Gasteiger partial charge in [-0.3, -0.25) is 11.3 Å². The summed E-state index contributed by atoms with van der Waals surface area (Å²) in [6.07, 6.45) is 0. The molecule has 0 saturated carbocycles. The number of rotatable bonds is 2. The van der Waals surface area contributed by atoms with Gasteiger partial charge in [-0.25, -0.2) is 0 Å². The second-order valence-electron chi connectivity index (χ2n) is 3.37. The van der Waals surface area contributed by atoms with Crippen LogP contribution in [0.4, 0.5) is 0 Å². The van der Waals surface area contributed by atoms with Crippen LogP contribution in [0.5, 0.6) is 0 Å². The largest absolute Gasteiger partial charge is 0.271 e. The summed E-state index contributed by atoms with van der Waals surface area (Å²) in [5, 5.41) is 2.21. The summed E-state index contributed by atoms with van der Waals surface area (Å²) < 4.78 is 0. The van der Waals surface area contributed by atoms with Gasteiger partial charge >= 0.3 is 0 Å². The monoisotopic (exact) mass is 206 g/mol. The van der Waals surface area contributed by atoms with Crippen LogP contribution in [-0.4, -0.2) is 27.5 Å². The van der Waals surface area contributed by atoms with Crippen molar-refractivity contribution >= 4 is 23.5 Å². The Morgan fingerprint density at radius 1 is 1.42 bits per heavy atom. The summed E-state index contributed by atoms with van der Waals surface area (Å²) in [5.74, 6) is 6.63. The van der Waals surface area contributed by atoms with E-state index in [2.05, 4.69) is 49.7 Å². The fraction of sp³-hybridized carbons (Fsp3) is 1.00. The highest BCUT2D eigenvalue weighted by atomic mass is 32.2. The van der Waals surface area contributed by atoms with Crippen molar-refractivity contribution in [2.24, 2.45) is 5.84 Å². The molecule has 2 nitrogen and oxygen atoms in total. The van der Waals surface area contributed by atoms with E-state index < -0.39 is 0 Å². The standard InChI is InChI=1S/C8H18N2S2/c1-5(10-9)8-4-11-6(2)7(3)12-8/h5-8,10H,4,9H2,1-3H3. The normalized spacial score (nSPS) is 39.5. The van der Waals surface area contributed by atoms with E-state index in [1.54, 1.807) is 0 Å². The summed E-state index contributed by atoms with van der Waals surface area (Å²) >= 11 is 4.13. The molecule has 3 N–H and O–H groups in total. The molecule has 0 aromatic carbocycles. The summed E-state index contributed by atoms with van der Waals surface area (Å²) in [7, 11) is 0. The van der Waals surface area contributed by atoms with Crippen LogP contribution in [0, 0.1) is 0 Å². The average Bonchev–Trinajstić information content (AvgIpc) is 2.08. The van der Waals surface area contributed by atoms with Gasteiger partial charge in [0.15, 0.2) is 0 Å². The molecule has 4 heteroatoms. The van der Waals surface area contributed by atoms with Gasteiger partial charge in [0.1, 0.15) is 0 Å². The number of hydrazine groups is 1. The molecule has 12 heavy (non-hydrogen) atoms. The molecule has 4 atom stereocenters. The molecule has 0 aliphatic carbocycles. The Labute approximate surface area is 83.4 Å². The highest BCUT2D eigenvalue weighted by Crippen LogP contribution is 2.36. The molecule has 1 heterocycles. The van der Waals surface area contributed by atoms with Crippen molar-refractivity contribution in [3.05, 3.63) is 0 Å². The summed E-state index contributed by atoms with van der Waals surface area (Å²) in [4.78, 5) is 0. The van der Waals surface area contributed by atoms with Crippen molar-refractivity contribution in [3.63, 3.8) is 0 Å². The predicted molar refractivity (Wildman–Crippen MR) is 59.5 cm³/mol. The number of hydrogen-bond donors (Lipinski definition) is 2. The van der Waals surface area contributed by atoms with E-state index >= 15 is 0 Å². The maximum absolute atomic E-state index is 5.41. The highest BCUT2D eigenvalue weighted by Gasteiger charge is 2.28. The minimum Gasteiger partial charge on any atom is -0.271 e. The molecule has 1 aliphatic heterocycles. The van der Waals surface area contributed by atoms with Crippen molar-refractivity contribution < 1.29 is 0 Å². The van der Waals surface area contributed by atoms with Crippen LogP contribution in [-0.2, 0) is 0 Å². The lowest BCUT2D eigenvalue weighted by Crippen LogP contribution is -2.44. The van der Waals surface area contributed by atoms with E-state index in [1.165, 1.54) is 5.75 Å². The van der Waals surface area contributed by atoms with E-state index in [1.807, 2.05) is 0 Å². The lowest BCUT2D eigenvalue weighted by Gasteiger charge is -2.34. The number of thioether (sulfide) groups is 2. The minimum atomic E-state index is 0.428. The number of hydrogen-bond acceptors (Lipinski definition) is 4. The van der Waals surface area contributed by atoms with Gasteiger partial charge in [0.2, 0.25) is 0 Å². The van der Waals surface area contributed by atoms with Gasteiger partial charge in [-0.1, -0.05) is 13.8 Å². The first-order chi connectivity index (χ1) is 5.65. The van der Waals surface area contributed by atoms with Gasteiger partial charge in [-0.05, 0) is 6.92 Å². The van der Waals surface area contributed by atoms with Crippen LogP contribution < -0.4 is 11.3 Å². The second kappa shape index (κ2) is 4.74. The Kier molecular flexibility index (Phi) is 4.23. The molecule has 1 fully saturated rings. The lowest BCUT2D eigenvalue weighted by atomic mass is 10.3. The fourth-order valence-electron chi connectivity index (χ4n) is 1.18. The quantitative estimate of drug-likeness (QED) is 0.530. The summed E-state index contributed by atoms with van der Waals surface area (Å²) in [6, 6.07) is 0.428. The molecule has 0 bridgehead atoms. The molecule has 1 rings (SSSR count). The molecule has 0 radical (unpaired) electrons. The average molecular weight is 206 g/mol. The van der Waals surface area contributed by atoms with Crippen LogP contribution in [0.1, 0.15) is 20.8 Å². The second-order valence-corrected chi connectivity index (χ2v) is 6.40. The maximum Gasteiger partial charge on any atom is 0.0309 e. The van der Waals surface area contributed by atoms with Crippen LogP contribution in [0.15, 0.2) is 0 Å². The zero-order valence-electron chi connectivity index (χ0n) is 7.91. The van der Waals surface area contributed by atoms with Gasteiger partial charge in [0, 0.05) is 27.5 Å². The topological polar surface area (TPSA) is 38.0 Å². The molecule has 0 amide bonds. The molecule has 4 unspecified atom stereocenters. The fourth-order valence-corrected chi connectivity index (χ4v) is 4.30. The molecule has 1 saturated heterocycles. The lowest BCUT2D eigenvalue weighted by molar-refractivity contribution is 0.565. The van der Waals surface area contributed by atoms with Crippen LogP contribution in [0.2, 0.25) is 0 Å². The van der Waals surface area contributed by atoms with E-state index in [-0.39, 0.29) is 0 Å². The highest BCUT2D eigenvalue weighted by molar-refractivity contribution is 8.07. The van der Waals surface area contributed by atoms with Crippen molar-refractivity contribution in [2.45, 2.75) is 42.6 Å². The third-order valence-corrected chi connectivity index (χ3v) is 6.03. The van der Waals surface area contributed by atoms with E-state index in [4.69, 9.17) is 5.84 Å². The first-order valence-corrected chi connectivity index (χ1v) is 6.37. The maximum atomic E-state index is 5.41. The van der Waals surface area contributed by atoms with Crippen molar-refractivity contribution in [3.8, 4) is 0 Å². The van der Waals surface area contributed by atoms with Crippen molar-refractivity contribution in [2.75, 3.05) is 5.75 Å². The van der Waals surface area contributed by atoms with Gasteiger partial charge in [0.25, 0.3) is 0 Å². The molecule has 72 valence electrons. The first kappa shape index (κ1) is 10.7. The molecule has 1 aliphatic rings. The Morgan fingerprint density at radius 2 is 2.08 bits per heavy atom. The smallest absolute Gasteiger partial charge is 0.0309 e. The first-order valence-electron chi connectivity index (χ1n) is 4.38. The SMILES string of the molecule is CC(NN)C1CSC(C)C(C)S1. The van der Waals surface area contributed by atoms with Gasteiger partial charge in [0.05, 0.1) is 0 Å². The van der Waals surface area contributed by atoms with E-state index in [0.29, 0.717) is 11.3 Å². The van der Waals surface area contributed by atoms with E-state index in [0.717, 1.165) is 10.5 Å². The zero-order chi connectivity index (χ0) is 9.14. The van der Waals surface area contributed by atoms with Gasteiger partial charge in [-0.2, -0.15) is 23.5 Å². The third kappa shape index (κ3) is 2.55. The summed E-state index contributed by atoms with van der Waals surface area (Å²) in [5.41, 5.74) is 2.84. The predicted octanol–water partition coefficient (Wildman–Crippen LogP) is 1.46. The molecular formula is C8H18N2S2. The molecule has 0 aromatic rings. The van der Waals surface area contributed by atoms with Crippen molar-refractivity contribution in [1.29, 1.82) is 0 Å². The van der Waals surface area contributed by atoms with Crippen LogP contribution >= 0.6 is 23.5 Å². The Bertz CT molecular complexity index is 143. The number of nitrogens with one attached hydrogen (secondary N) is 1. The summed E-state index contributed by atoms with van der Waals surface area (Å²) in [6.45, 7) is 6.76. The Morgan fingerprint density at radius 3 is 2.58 bits per heavy atom. The van der Waals surface area contributed by atoms with Crippen molar-refractivity contribution in [1.82, 2.24) is 5.43 Å². The molecule has 0 aromatic heterocycles. The zero-order valence-corrected chi connectivity index (χ0v) is 9.54. The third-order valence-electron chi connectivity index (χ3n) is 2.39. The van der Waals surface area contributed by atoms with Gasteiger partial charge in [-0.15, -0.1) is 0 Å². The Balaban J connectivity index is 2.39. The molecular weight excluding hydrogens is 188 g/mol.